The average molecular weight is 504 g/mol. The van der Waals surface area contributed by atoms with Crippen molar-refractivity contribution in [1.29, 1.82) is 0 Å². The van der Waals surface area contributed by atoms with Gasteiger partial charge in [0.1, 0.15) is 19.3 Å². The maximum Gasteiger partial charge on any atom is 0.407 e. The van der Waals surface area contributed by atoms with Gasteiger partial charge in [0, 0.05) is 24.5 Å². The van der Waals surface area contributed by atoms with E-state index in [1.165, 1.54) is 24.3 Å². The van der Waals surface area contributed by atoms with Crippen LogP contribution in [0.5, 0.6) is 0 Å². The molecule has 10 heteroatoms. The Morgan fingerprint density at radius 3 is 2.08 bits per heavy atom. The number of carboxylic acid groups (broad SMARTS) is 1. The highest BCUT2D eigenvalue weighted by molar-refractivity contribution is 5.82. The molecule has 3 aromatic carbocycles. The lowest BCUT2D eigenvalue weighted by Gasteiger charge is -2.19. The molecule has 4 rings (SSSR count). The molecule has 0 unspecified atom stereocenters. The summed E-state index contributed by atoms with van der Waals surface area (Å²) < 4.78 is 10.7. The fourth-order valence-electron chi connectivity index (χ4n) is 4.27. The molecule has 1 amide bonds. The Balaban J connectivity index is 1.37. The van der Waals surface area contributed by atoms with Crippen molar-refractivity contribution < 1.29 is 33.9 Å². The average Bonchev–Trinajstić information content (AvgIpc) is 3.22. The number of benzene rings is 3. The van der Waals surface area contributed by atoms with Gasteiger partial charge in [-0.25, -0.2) is 9.59 Å². The van der Waals surface area contributed by atoms with Gasteiger partial charge in [-0.15, -0.1) is 0 Å². The number of esters is 1. The van der Waals surface area contributed by atoms with Gasteiger partial charge in [-0.3, -0.25) is 14.9 Å². The zero-order valence-electron chi connectivity index (χ0n) is 19.7. The van der Waals surface area contributed by atoms with E-state index in [1.807, 2.05) is 48.5 Å². The Morgan fingerprint density at radius 2 is 1.51 bits per heavy atom. The summed E-state index contributed by atoms with van der Waals surface area (Å²) in [6.45, 7) is -0.171. The van der Waals surface area contributed by atoms with Crippen LogP contribution in [0.2, 0.25) is 0 Å². The lowest BCUT2D eigenvalue weighted by Crippen LogP contribution is -2.42. The van der Waals surface area contributed by atoms with Gasteiger partial charge in [0.2, 0.25) is 0 Å². The monoisotopic (exact) mass is 504 g/mol. The molecular weight excluding hydrogens is 480 g/mol. The first-order valence-corrected chi connectivity index (χ1v) is 11.6. The van der Waals surface area contributed by atoms with Crippen LogP contribution in [0.4, 0.5) is 10.5 Å². The second-order valence-electron chi connectivity index (χ2n) is 8.49. The topological polar surface area (TPSA) is 145 Å². The Kier molecular flexibility index (Phi) is 7.77. The number of alkyl carbamates (subject to hydrolysis) is 1. The number of amides is 1. The maximum absolute atomic E-state index is 12.6. The van der Waals surface area contributed by atoms with Crippen molar-refractivity contribution in [3.05, 3.63) is 99.6 Å². The number of nitrogens with zero attached hydrogens (tertiary/aromatic N) is 1. The van der Waals surface area contributed by atoms with Gasteiger partial charge in [0.25, 0.3) is 5.69 Å². The molecule has 0 saturated carbocycles. The minimum atomic E-state index is -1.25. The molecule has 0 aliphatic heterocycles. The van der Waals surface area contributed by atoms with Crippen LogP contribution in [0.25, 0.3) is 11.1 Å². The van der Waals surface area contributed by atoms with E-state index < -0.39 is 29.0 Å². The van der Waals surface area contributed by atoms with Crippen LogP contribution in [-0.4, -0.2) is 40.7 Å². The van der Waals surface area contributed by atoms with Crippen LogP contribution >= 0.6 is 0 Å². The molecule has 10 nitrogen and oxygen atoms in total. The lowest BCUT2D eigenvalue weighted by molar-refractivity contribution is -0.384. The third-order valence-electron chi connectivity index (χ3n) is 6.10. The quantitative estimate of drug-likeness (QED) is 0.235. The number of ether oxygens (including phenoxy) is 2. The molecule has 37 heavy (non-hydrogen) atoms. The molecule has 0 heterocycles. The third-order valence-corrected chi connectivity index (χ3v) is 6.10. The largest absolute Gasteiger partial charge is 0.481 e. The van der Waals surface area contributed by atoms with Crippen molar-refractivity contribution in [2.24, 2.45) is 0 Å². The number of carbonyl (C=O) groups is 3. The summed E-state index contributed by atoms with van der Waals surface area (Å²) in [7, 11) is 0. The van der Waals surface area contributed by atoms with E-state index in [0.29, 0.717) is 5.56 Å². The van der Waals surface area contributed by atoms with Gasteiger partial charge in [-0.05, 0) is 46.4 Å². The van der Waals surface area contributed by atoms with Gasteiger partial charge in [-0.2, -0.15) is 0 Å². The van der Waals surface area contributed by atoms with E-state index in [4.69, 9.17) is 14.6 Å². The molecule has 0 bridgehead atoms. The molecule has 1 atom stereocenters. The number of aliphatic carboxylic acids is 1. The smallest absolute Gasteiger partial charge is 0.407 e. The standard InChI is InChI=1S/C27H24N2O8/c30-25(31)14-13-24(26(32)36-15-17-9-11-18(12-10-17)29(34)35)28-27(33)37-16-23-21-7-3-1-5-19(21)20-6-2-4-8-22(20)23/h1-12,23-24H,13-16H2,(H,28,33)(H,30,31)/t24-/m0/s1. The van der Waals surface area contributed by atoms with Crippen LogP contribution in [0, 0.1) is 10.1 Å². The lowest BCUT2D eigenvalue weighted by atomic mass is 9.98. The molecule has 1 aliphatic rings. The summed E-state index contributed by atoms with van der Waals surface area (Å²) in [6.07, 6.45) is -1.44. The number of non-ortho nitro benzene ring substituents is 1. The molecule has 2 N–H and O–H groups in total. The first kappa shape index (κ1) is 25.4. The zero-order chi connectivity index (χ0) is 26.4. The summed E-state index contributed by atoms with van der Waals surface area (Å²) in [5.74, 6) is -2.15. The molecular formula is C27H24N2O8. The summed E-state index contributed by atoms with van der Waals surface area (Å²) >= 11 is 0. The van der Waals surface area contributed by atoms with Gasteiger partial charge >= 0.3 is 18.0 Å². The number of rotatable bonds is 10. The number of fused-ring (bicyclic) bond motifs is 3. The van der Waals surface area contributed by atoms with Crippen molar-refractivity contribution in [3.8, 4) is 11.1 Å². The first-order chi connectivity index (χ1) is 17.8. The number of nitro groups is 1. The van der Waals surface area contributed by atoms with Gasteiger partial charge in [0.05, 0.1) is 4.92 Å². The summed E-state index contributed by atoms with van der Waals surface area (Å²) in [4.78, 5) is 46.5. The highest BCUT2D eigenvalue weighted by Crippen LogP contribution is 2.44. The van der Waals surface area contributed by atoms with E-state index in [2.05, 4.69) is 5.32 Å². The third kappa shape index (κ3) is 6.10. The molecule has 0 saturated heterocycles. The summed E-state index contributed by atoms with van der Waals surface area (Å²) in [5, 5.41) is 22.2. The Morgan fingerprint density at radius 1 is 0.919 bits per heavy atom. The first-order valence-electron chi connectivity index (χ1n) is 11.6. The molecule has 3 aromatic rings. The van der Waals surface area contributed by atoms with E-state index in [-0.39, 0.29) is 37.7 Å². The summed E-state index contributed by atoms with van der Waals surface area (Å²) in [5.41, 5.74) is 4.59. The summed E-state index contributed by atoms with van der Waals surface area (Å²) in [6, 6.07) is 19.9. The van der Waals surface area contributed by atoms with Gasteiger partial charge < -0.3 is 19.9 Å². The highest BCUT2D eigenvalue weighted by atomic mass is 16.6. The second-order valence-corrected chi connectivity index (χ2v) is 8.49. The number of nitro benzene ring substituents is 1. The number of carbonyl (C=O) groups excluding carboxylic acids is 2. The molecule has 1 aliphatic carbocycles. The van der Waals surface area contributed by atoms with E-state index >= 15 is 0 Å². The number of hydrogen-bond acceptors (Lipinski definition) is 7. The second kappa shape index (κ2) is 11.3. The van der Waals surface area contributed by atoms with E-state index in [1.54, 1.807) is 0 Å². The minimum absolute atomic E-state index is 0.0311. The van der Waals surface area contributed by atoms with Crippen molar-refractivity contribution >= 4 is 23.7 Å². The van der Waals surface area contributed by atoms with Crippen molar-refractivity contribution in [3.63, 3.8) is 0 Å². The van der Waals surface area contributed by atoms with E-state index in [0.717, 1.165) is 22.3 Å². The highest BCUT2D eigenvalue weighted by Gasteiger charge is 2.30. The fraction of sp³-hybridized carbons (Fsp3) is 0.222. The zero-order valence-corrected chi connectivity index (χ0v) is 19.7. The predicted octanol–water partition coefficient (Wildman–Crippen LogP) is 4.41. The molecule has 190 valence electrons. The van der Waals surface area contributed by atoms with E-state index in [9.17, 15) is 24.5 Å². The fourth-order valence-corrected chi connectivity index (χ4v) is 4.27. The van der Waals surface area contributed by atoms with Crippen LogP contribution in [0.1, 0.15) is 35.4 Å². The number of carboxylic acids is 1. The Bertz CT molecular complexity index is 1280. The minimum Gasteiger partial charge on any atom is -0.481 e. The molecule has 0 radical (unpaired) electrons. The Labute approximate surface area is 212 Å². The van der Waals surface area contributed by atoms with Crippen LogP contribution < -0.4 is 5.32 Å². The maximum atomic E-state index is 12.6. The van der Waals surface area contributed by atoms with Crippen LogP contribution in [0.15, 0.2) is 72.8 Å². The molecule has 0 aromatic heterocycles. The Hall–Kier alpha value is -4.73. The molecule has 0 spiro atoms. The van der Waals surface area contributed by atoms with Crippen molar-refractivity contribution in [2.75, 3.05) is 6.61 Å². The van der Waals surface area contributed by atoms with Gasteiger partial charge in [-0.1, -0.05) is 48.5 Å². The van der Waals surface area contributed by atoms with Crippen molar-refractivity contribution in [2.45, 2.75) is 31.4 Å². The number of hydrogen-bond donors (Lipinski definition) is 2. The predicted molar refractivity (Wildman–Crippen MR) is 132 cm³/mol. The van der Waals surface area contributed by atoms with Crippen LogP contribution in [-0.2, 0) is 25.7 Å². The SMILES string of the molecule is O=C(O)CC[C@H](NC(=O)OCC1c2ccccc2-c2ccccc21)C(=O)OCc1ccc([N+](=O)[O-])cc1. The normalized spacial score (nSPS) is 12.6. The molecule has 0 fully saturated rings. The van der Waals surface area contributed by atoms with Crippen LogP contribution in [0.3, 0.4) is 0 Å². The van der Waals surface area contributed by atoms with Crippen molar-refractivity contribution in [1.82, 2.24) is 5.32 Å². The van der Waals surface area contributed by atoms with Gasteiger partial charge in [0.15, 0.2) is 0 Å². The number of nitrogens with one attached hydrogen (secondary N) is 1.